The van der Waals surface area contributed by atoms with Gasteiger partial charge in [0.05, 0.1) is 44.2 Å². The smallest absolute Gasteiger partial charge is 0.182 e. The Morgan fingerprint density at radius 1 is 1.14 bits per heavy atom. The van der Waals surface area contributed by atoms with Crippen LogP contribution in [0.3, 0.4) is 0 Å². The summed E-state index contributed by atoms with van der Waals surface area (Å²) in [5.74, 6) is 2.17. The minimum Gasteiger partial charge on any atom is -0.494 e. The van der Waals surface area contributed by atoms with Crippen LogP contribution in [0.25, 0.3) is 0 Å². The zero-order valence-corrected chi connectivity index (χ0v) is 22.6. The molecule has 2 aromatic carbocycles. The zero-order valence-electron chi connectivity index (χ0n) is 22.6. The monoisotopic (exact) mass is 504 g/mol. The first-order valence-corrected chi connectivity index (χ1v) is 12.8. The van der Waals surface area contributed by atoms with Crippen LogP contribution in [0, 0.1) is 16.7 Å². The lowest BCUT2D eigenvalue weighted by atomic mass is 9.84. The van der Waals surface area contributed by atoms with Gasteiger partial charge in [-0.15, -0.1) is 0 Å². The van der Waals surface area contributed by atoms with E-state index in [0.29, 0.717) is 47.5 Å². The Kier molecular flexibility index (Phi) is 7.09. The summed E-state index contributed by atoms with van der Waals surface area (Å²) in [6, 6.07) is 9.59. The summed E-state index contributed by atoms with van der Waals surface area (Å²) in [5, 5.41) is 21.2. The lowest BCUT2D eigenvalue weighted by Gasteiger charge is -2.28. The molecule has 1 fully saturated rings. The van der Waals surface area contributed by atoms with Crippen LogP contribution in [0.4, 0.5) is 5.69 Å². The third kappa shape index (κ3) is 4.71. The average Bonchev–Trinajstić information content (AvgIpc) is 3.63. The quantitative estimate of drug-likeness (QED) is 0.337. The fourth-order valence-electron chi connectivity index (χ4n) is 5.14. The van der Waals surface area contributed by atoms with Crippen LogP contribution in [0.5, 0.6) is 17.2 Å². The summed E-state index contributed by atoms with van der Waals surface area (Å²) in [5.41, 5.74) is 3.19. The first kappa shape index (κ1) is 26.3. The molecule has 196 valence electrons. The molecular formula is C29H36N4O4. The average molecular weight is 505 g/mol. The number of rotatable bonds is 10. The van der Waals surface area contributed by atoms with Crippen LogP contribution in [-0.4, -0.2) is 49.9 Å². The van der Waals surface area contributed by atoms with E-state index in [1.165, 1.54) is 0 Å². The van der Waals surface area contributed by atoms with Crippen LogP contribution >= 0.6 is 0 Å². The van der Waals surface area contributed by atoms with Crippen LogP contribution < -0.4 is 19.5 Å². The summed E-state index contributed by atoms with van der Waals surface area (Å²) in [4.78, 5) is 15.7. The predicted octanol–water partition coefficient (Wildman–Crippen LogP) is 5.24. The van der Waals surface area contributed by atoms with E-state index in [0.717, 1.165) is 29.5 Å². The minimum atomic E-state index is -0.361. The number of Topliss-reactive ketones (excluding diaryl/α,β-unsaturated/α-hetero) is 1. The van der Waals surface area contributed by atoms with Crippen molar-refractivity contribution in [3.8, 4) is 23.3 Å². The molecule has 1 saturated carbocycles. The van der Waals surface area contributed by atoms with Crippen molar-refractivity contribution in [3.05, 3.63) is 46.5 Å². The van der Waals surface area contributed by atoms with Gasteiger partial charge in [-0.25, -0.2) is 0 Å². The molecule has 2 N–H and O–H groups in total. The molecule has 2 aromatic rings. The molecule has 0 bridgehead atoms. The fourth-order valence-corrected chi connectivity index (χ4v) is 5.14. The van der Waals surface area contributed by atoms with Crippen molar-refractivity contribution in [1.29, 1.82) is 10.7 Å². The van der Waals surface area contributed by atoms with Gasteiger partial charge in [-0.05, 0) is 61.9 Å². The van der Waals surface area contributed by atoms with Crippen molar-refractivity contribution in [2.75, 3.05) is 38.7 Å². The van der Waals surface area contributed by atoms with Gasteiger partial charge in [0.15, 0.2) is 17.3 Å². The molecule has 1 heterocycles. The summed E-state index contributed by atoms with van der Waals surface area (Å²) in [7, 11) is 1.59. The van der Waals surface area contributed by atoms with Crippen LogP contribution in [-0.2, 0) is 11.0 Å². The van der Waals surface area contributed by atoms with Gasteiger partial charge >= 0.3 is 0 Å². The number of carbonyl (C=O) groups excluding carboxylic acids is 1. The highest BCUT2D eigenvalue weighted by Crippen LogP contribution is 2.58. The van der Waals surface area contributed by atoms with Gasteiger partial charge < -0.3 is 24.4 Å². The Morgan fingerprint density at radius 2 is 1.78 bits per heavy atom. The minimum absolute atomic E-state index is 0.0784. The SMILES string of the molecule is CCOc1cc2c(cc1OCC)C1(CC1)N(CC(=O)c1cc(NCC#N)c(OC)c(C(C)(C)C)c1)C2=N. The molecule has 1 spiro atoms. The third-order valence-electron chi connectivity index (χ3n) is 7.03. The first-order chi connectivity index (χ1) is 17.6. The van der Waals surface area contributed by atoms with Gasteiger partial charge in [-0.3, -0.25) is 10.2 Å². The zero-order chi connectivity index (χ0) is 27.0. The summed E-state index contributed by atoms with van der Waals surface area (Å²) >= 11 is 0. The van der Waals surface area contributed by atoms with E-state index in [1.54, 1.807) is 13.2 Å². The number of benzene rings is 2. The number of ether oxygens (including phenoxy) is 3. The summed E-state index contributed by atoms with van der Waals surface area (Å²) in [6.45, 7) is 11.2. The molecule has 2 aliphatic rings. The number of methoxy groups -OCH3 is 1. The van der Waals surface area contributed by atoms with Gasteiger partial charge in [-0.2, -0.15) is 5.26 Å². The molecule has 8 nitrogen and oxygen atoms in total. The number of anilines is 1. The highest BCUT2D eigenvalue weighted by molar-refractivity contribution is 6.07. The second-order valence-electron chi connectivity index (χ2n) is 10.5. The number of carbonyl (C=O) groups is 1. The van der Waals surface area contributed by atoms with Crippen molar-refractivity contribution in [1.82, 2.24) is 4.90 Å². The van der Waals surface area contributed by atoms with Crippen LogP contribution in [0.1, 0.15) is 74.5 Å². The molecule has 1 aliphatic carbocycles. The Morgan fingerprint density at radius 3 is 2.32 bits per heavy atom. The number of hydrogen-bond donors (Lipinski definition) is 2. The largest absolute Gasteiger partial charge is 0.494 e. The highest BCUT2D eigenvalue weighted by atomic mass is 16.5. The van der Waals surface area contributed by atoms with Gasteiger partial charge in [0, 0.05) is 16.7 Å². The van der Waals surface area contributed by atoms with E-state index < -0.39 is 0 Å². The van der Waals surface area contributed by atoms with E-state index in [4.69, 9.17) is 24.9 Å². The van der Waals surface area contributed by atoms with Crippen molar-refractivity contribution in [2.45, 2.75) is 58.4 Å². The fraction of sp³-hybridized carbons (Fsp3) is 0.483. The topological polar surface area (TPSA) is 108 Å². The second kappa shape index (κ2) is 9.97. The van der Waals surface area contributed by atoms with Gasteiger partial charge in [0.1, 0.15) is 18.1 Å². The maximum atomic E-state index is 13.7. The first-order valence-electron chi connectivity index (χ1n) is 12.8. The number of nitriles is 1. The molecule has 0 aromatic heterocycles. The summed E-state index contributed by atoms with van der Waals surface area (Å²) in [6.07, 6.45) is 1.75. The molecule has 4 rings (SSSR count). The molecule has 37 heavy (non-hydrogen) atoms. The lowest BCUT2D eigenvalue weighted by Crippen LogP contribution is -2.38. The van der Waals surface area contributed by atoms with Crippen LogP contribution in [0.2, 0.25) is 0 Å². The standard InChI is InChI=1S/C29H36N4O4/c1-7-36-24-15-19-20(16-25(24)37-8-2)29(9-10-29)33(27(19)31)17-23(34)18-13-21(28(3,4)5)26(35-6)22(14-18)32-12-11-30/h13-16,31-32H,7-10,12,17H2,1-6H3. The Hall–Kier alpha value is -3.73. The molecule has 1 aliphatic heterocycles. The Labute approximate surface area is 219 Å². The summed E-state index contributed by atoms with van der Waals surface area (Å²) < 4.78 is 17.3. The number of fused-ring (bicyclic) bond motifs is 2. The molecule has 0 atom stereocenters. The van der Waals surface area contributed by atoms with Crippen molar-refractivity contribution in [3.63, 3.8) is 0 Å². The maximum Gasteiger partial charge on any atom is 0.182 e. The molecule has 8 heteroatoms. The third-order valence-corrected chi connectivity index (χ3v) is 7.03. The van der Waals surface area contributed by atoms with Gasteiger partial charge in [0.25, 0.3) is 0 Å². The highest BCUT2D eigenvalue weighted by Gasteiger charge is 2.57. The van der Waals surface area contributed by atoms with E-state index in [1.807, 2.05) is 36.9 Å². The maximum absolute atomic E-state index is 13.7. The van der Waals surface area contributed by atoms with Crippen molar-refractivity contribution in [2.24, 2.45) is 0 Å². The Balaban J connectivity index is 1.70. The molecule has 0 radical (unpaired) electrons. The van der Waals surface area contributed by atoms with Crippen LogP contribution in [0.15, 0.2) is 24.3 Å². The number of nitrogens with one attached hydrogen (secondary N) is 2. The van der Waals surface area contributed by atoms with Gasteiger partial charge in [0.2, 0.25) is 0 Å². The van der Waals surface area contributed by atoms with Crippen molar-refractivity contribution >= 4 is 17.3 Å². The molecular weight excluding hydrogens is 468 g/mol. The number of amidine groups is 1. The number of nitrogens with zero attached hydrogens (tertiary/aromatic N) is 2. The van der Waals surface area contributed by atoms with Crippen molar-refractivity contribution < 1.29 is 19.0 Å². The van der Waals surface area contributed by atoms with E-state index in [9.17, 15) is 4.79 Å². The van der Waals surface area contributed by atoms with E-state index in [-0.39, 0.29) is 29.8 Å². The number of ketones is 1. The predicted molar refractivity (Wildman–Crippen MR) is 143 cm³/mol. The normalized spacial score (nSPS) is 15.3. The van der Waals surface area contributed by atoms with E-state index >= 15 is 0 Å². The lowest BCUT2D eigenvalue weighted by molar-refractivity contribution is 0.0943. The van der Waals surface area contributed by atoms with E-state index in [2.05, 4.69) is 32.2 Å². The molecule has 0 unspecified atom stereocenters. The number of hydrogen-bond acceptors (Lipinski definition) is 7. The Bertz CT molecular complexity index is 1270. The molecule has 0 amide bonds. The second-order valence-corrected chi connectivity index (χ2v) is 10.5. The molecule has 0 saturated heterocycles. The van der Waals surface area contributed by atoms with Gasteiger partial charge in [-0.1, -0.05) is 20.8 Å².